The summed E-state index contributed by atoms with van der Waals surface area (Å²) >= 11 is 0. The van der Waals surface area contributed by atoms with Crippen molar-refractivity contribution >= 4 is 15.5 Å². The molecular weight excluding hydrogens is 216 g/mol. The molecule has 0 amide bonds. The van der Waals surface area contributed by atoms with Gasteiger partial charge in [0.15, 0.2) is 15.5 Å². The fourth-order valence-corrected chi connectivity index (χ4v) is 3.46. The molecule has 3 heteroatoms. The summed E-state index contributed by atoms with van der Waals surface area (Å²) in [6, 6.07) is 0. The lowest BCUT2D eigenvalue weighted by Gasteiger charge is -2.47. The topological polar surface area (TPSA) is 26.3 Å². The van der Waals surface area contributed by atoms with Crippen molar-refractivity contribution in [1.29, 1.82) is 0 Å². The highest BCUT2D eigenvalue weighted by Gasteiger charge is 2.49. The minimum atomic E-state index is -0.673. The zero-order valence-corrected chi connectivity index (χ0v) is 13.1. The molecule has 0 saturated heterocycles. The predicted molar refractivity (Wildman–Crippen MR) is 70.4 cm³/mol. The Bertz CT molecular complexity index is 278. The van der Waals surface area contributed by atoms with Crippen LogP contribution in [0.3, 0.4) is 0 Å². The van der Waals surface area contributed by atoms with Gasteiger partial charge >= 0.3 is 0 Å². The van der Waals surface area contributed by atoms with E-state index < -0.39 is 15.4 Å². The third-order valence-corrected chi connectivity index (χ3v) is 5.41. The van der Waals surface area contributed by atoms with Gasteiger partial charge in [0.1, 0.15) is 5.60 Å². The molecule has 1 rings (SSSR count). The fraction of sp³-hybridized carbons (Fsp3) is 0.923. The zero-order chi connectivity index (χ0) is 12.6. The standard InChI is InChI=1S/C13H26O2Si/c1-11(2,3)16-15-13(6)10(14)8-7-9-12(13,4)5/h7-9,16H2,1-6H3. The van der Waals surface area contributed by atoms with E-state index in [1.54, 1.807) is 0 Å². The maximum absolute atomic E-state index is 12.1. The van der Waals surface area contributed by atoms with Crippen molar-refractivity contribution in [2.45, 2.75) is 71.4 Å². The second-order valence-corrected chi connectivity index (χ2v) is 9.74. The van der Waals surface area contributed by atoms with Gasteiger partial charge in [0.05, 0.1) is 0 Å². The molecule has 0 spiro atoms. The second-order valence-electron chi connectivity index (χ2n) is 7.04. The van der Waals surface area contributed by atoms with Crippen LogP contribution in [-0.2, 0) is 9.22 Å². The van der Waals surface area contributed by atoms with Gasteiger partial charge in [-0.2, -0.15) is 0 Å². The normalized spacial score (nSPS) is 31.2. The van der Waals surface area contributed by atoms with Crippen LogP contribution in [-0.4, -0.2) is 21.1 Å². The Morgan fingerprint density at radius 1 is 1.25 bits per heavy atom. The Hall–Kier alpha value is -0.153. The van der Waals surface area contributed by atoms with Crippen LogP contribution < -0.4 is 0 Å². The molecule has 0 aromatic heterocycles. The molecule has 1 aliphatic carbocycles. The van der Waals surface area contributed by atoms with Gasteiger partial charge in [-0.1, -0.05) is 34.6 Å². The molecule has 1 unspecified atom stereocenters. The molecule has 0 aromatic carbocycles. The lowest BCUT2D eigenvalue weighted by Crippen LogP contribution is -2.54. The summed E-state index contributed by atoms with van der Waals surface area (Å²) in [6.07, 6.45) is 2.80. The Kier molecular flexibility index (Phi) is 3.70. The molecule has 1 atom stereocenters. The second kappa shape index (κ2) is 4.26. The van der Waals surface area contributed by atoms with Gasteiger partial charge in [0, 0.05) is 6.42 Å². The van der Waals surface area contributed by atoms with E-state index in [-0.39, 0.29) is 10.5 Å². The molecule has 0 bridgehead atoms. The first kappa shape index (κ1) is 13.9. The number of Topliss-reactive ketones (excluding diaryl/α,β-unsaturated/α-hetero) is 1. The summed E-state index contributed by atoms with van der Waals surface area (Å²) in [5.74, 6) is 0.306. The molecule has 0 aliphatic heterocycles. The average Bonchev–Trinajstić information content (AvgIpc) is 2.10. The van der Waals surface area contributed by atoms with Crippen molar-refractivity contribution in [3.8, 4) is 0 Å². The maximum Gasteiger partial charge on any atom is 0.168 e. The van der Waals surface area contributed by atoms with E-state index in [9.17, 15) is 4.79 Å². The number of ketones is 1. The highest BCUT2D eigenvalue weighted by molar-refractivity contribution is 6.32. The molecular formula is C13H26O2Si. The molecule has 1 aliphatic rings. The molecule has 16 heavy (non-hydrogen) atoms. The molecule has 0 radical (unpaired) electrons. The number of carbonyl (C=O) groups excluding carboxylic acids is 1. The lowest BCUT2D eigenvalue weighted by molar-refractivity contribution is -0.149. The quantitative estimate of drug-likeness (QED) is 0.696. The van der Waals surface area contributed by atoms with Crippen LogP contribution in [0, 0.1) is 5.41 Å². The summed E-state index contributed by atoms with van der Waals surface area (Å²) in [7, 11) is -0.673. The van der Waals surface area contributed by atoms with Crippen LogP contribution in [0.4, 0.5) is 0 Å². The lowest BCUT2D eigenvalue weighted by atomic mass is 9.66. The van der Waals surface area contributed by atoms with Crippen LogP contribution in [0.1, 0.15) is 60.8 Å². The predicted octanol–water partition coefficient (Wildman–Crippen LogP) is 2.84. The Morgan fingerprint density at radius 3 is 2.25 bits per heavy atom. The molecule has 94 valence electrons. The Balaban J connectivity index is 2.82. The van der Waals surface area contributed by atoms with Crippen molar-refractivity contribution < 1.29 is 9.22 Å². The van der Waals surface area contributed by atoms with E-state index in [1.165, 1.54) is 0 Å². The van der Waals surface area contributed by atoms with Gasteiger partial charge in [-0.05, 0) is 30.2 Å². The van der Waals surface area contributed by atoms with Crippen molar-refractivity contribution in [3.05, 3.63) is 0 Å². The van der Waals surface area contributed by atoms with E-state index in [0.29, 0.717) is 12.2 Å². The maximum atomic E-state index is 12.1. The first-order valence-corrected chi connectivity index (χ1v) is 7.54. The van der Waals surface area contributed by atoms with E-state index in [4.69, 9.17) is 4.43 Å². The van der Waals surface area contributed by atoms with Crippen molar-refractivity contribution in [1.82, 2.24) is 0 Å². The molecule has 2 nitrogen and oxygen atoms in total. The van der Waals surface area contributed by atoms with Crippen molar-refractivity contribution in [2.24, 2.45) is 5.41 Å². The highest BCUT2D eigenvalue weighted by Crippen LogP contribution is 2.44. The van der Waals surface area contributed by atoms with Crippen LogP contribution in [0.15, 0.2) is 0 Å². The smallest absolute Gasteiger partial charge is 0.168 e. The van der Waals surface area contributed by atoms with Gasteiger partial charge in [-0.15, -0.1) is 0 Å². The molecule has 0 N–H and O–H groups in total. The van der Waals surface area contributed by atoms with Gasteiger partial charge in [-0.3, -0.25) is 4.79 Å². The molecule has 0 aromatic rings. The number of rotatable bonds is 2. The number of hydrogen-bond donors (Lipinski definition) is 0. The van der Waals surface area contributed by atoms with E-state index in [0.717, 1.165) is 12.8 Å². The van der Waals surface area contributed by atoms with Crippen molar-refractivity contribution in [2.75, 3.05) is 0 Å². The third-order valence-electron chi connectivity index (χ3n) is 3.82. The highest BCUT2D eigenvalue weighted by atomic mass is 28.2. The molecule has 0 heterocycles. The zero-order valence-electron chi connectivity index (χ0n) is 11.6. The summed E-state index contributed by atoms with van der Waals surface area (Å²) in [6.45, 7) is 12.9. The Labute approximate surface area is 102 Å². The van der Waals surface area contributed by atoms with E-state index >= 15 is 0 Å². The Morgan fingerprint density at radius 2 is 1.81 bits per heavy atom. The number of carbonyl (C=O) groups is 1. The van der Waals surface area contributed by atoms with Crippen LogP contribution in [0.2, 0.25) is 5.04 Å². The van der Waals surface area contributed by atoms with Gasteiger partial charge in [0.2, 0.25) is 0 Å². The minimum absolute atomic E-state index is 0.0133. The van der Waals surface area contributed by atoms with Gasteiger partial charge in [0.25, 0.3) is 0 Å². The fourth-order valence-electron chi connectivity index (χ4n) is 2.18. The summed E-state index contributed by atoms with van der Waals surface area (Å²) in [5, 5.41) is 0.247. The third kappa shape index (κ3) is 2.75. The summed E-state index contributed by atoms with van der Waals surface area (Å²) in [5.41, 5.74) is -0.550. The molecule has 1 saturated carbocycles. The van der Waals surface area contributed by atoms with E-state index in [2.05, 4.69) is 34.6 Å². The van der Waals surface area contributed by atoms with E-state index in [1.807, 2.05) is 6.92 Å². The van der Waals surface area contributed by atoms with Crippen LogP contribution >= 0.6 is 0 Å². The van der Waals surface area contributed by atoms with Gasteiger partial charge < -0.3 is 4.43 Å². The largest absolute Gasteiger partial charge is 0.411 e. The van der Waals surface area contributed by atoms with Crippen LogP contribution in [0.5, 0.6) is 0 Å². The first-order chi connectivity index (χ1) is 7.08. The first-order valence-electron chi connectivity index (χ1n) is 6.26. The van der Waals surface area contributed by atoms with Crippen LogP contribution in [0.25, 0.3) is 0 Å². The van der Waals surface area contributed by atoms with Gasteiger partial charge in [-0.25, -0.2) is 0 Å². The van der Waals surface area contributed by atoms with Crippen molar-refractivity contribution in [3.63, 3.8) is 0 Å². The minimum Gasteiger partial charge on any atom is -0.411 e. The number of hydrogen-bond acceptors (Lipinski definition) is 2. The summed E-state index contributed by atoms with van der Waals surface area (Å²) < 4.78 is 6.15. The monoisotopic (exact) mass is 242 g/mol. The SMILES string of the molecule is CC(C)(C)[SiH2]OC1(C)C(=O)CCCC1(C)C. The summed E-state index contributed by atoms with van der Waals surface area (Å²) in [4.78, 5) is 12.1. The average molecular weight is 242 g/mol. The molecule has 1 fully saturated rings.